The lowest BCUT2D eigenvalue weighted by molar-refractivity contribution is -0.186. The van der Waals surface area contributed by atoms with Gasteiger partial charge in [0.2, 0.25) is 5.92 Å². The van der Waals surface area contributed by atoms with E-state index in [9.17, 15) is 28.6 Å². The number of aliphatic carboxylic acids is 1. The topological polar surface area (TPSA) is 128 Å². The number of rotatable bonds is 8. The van der Waals surface area contributed by atoms with E-state index in [-0.39, 0.29) is 24.4 Å². The van der Waals surface area contributed by atoms with Crippen molar-refractivity contribution < 1.29 is 33.3 Å². The molecule has 4 N–H and O–H groups in total. The van der Waals surface area contributed by atoms with Crippen LogP contribution in [0.1, 0.15) is 58.9 Å². The van der Waals surface area contributed by atoms with Crippen LogP contribution in [-0.4, -0.2) is 63.1 Å². The number of aromatic carboxylic acids is 1. The van der Waals surface area contributed by atoms with Crippen molar-refractivity contribution in [1.82, 2.24) is 14.9 Å². The number of carbonyl (C=O) groups is 2. The van der Waals surface area contributed by atoms with E-state index in [2.05, 4.69) is 20.2 Å². The molecule has 1 spiro atoms. The normalized spacial score (nSPS) is 20.3. The van der Waals surface area contributed by atoms with Crippen molar-refractivity contribution in [2.45, 2.75) is 51.1 Å². The van der Waals surface area contributed by atoms with Gasteiger partial charge in [0.15, 0.2) is 5.69 Å². The molecule has 1 aliphatic heterocycles. The van der Waals surface area contributed by atoms with Crippen molar-refractivity contribution in [3.63, 3.8) is 0 Å². The van der Waals surface area contributed by atoms with Crippen LogP contribution in [-0.2, 0) is 11.3 Å². The molecule has 2 aromatic heterocycles. The number of nitrogens with one attached hydrogen (secondary N) is 2. The average Bonchev–Trinajstić information content (AvgIpc) is 3.34. The molecule has 38 heavy (non-hydrogen) atoms. The van der Waals surface area contributed by atoms with Crippen LogP contribution in [0.4, 0.5) is 14.6 Å². The van der Waals surface area contributed by atoms with Gasteiger partial charge in [-0.1, -0.05) is 6.07 Å². The minimum Gasteiger partial charge on any atom is -0.496 e. The van der Waals surface area contributed by atoms with Gasteiger partial charge in [0.05, 0.1) is 7.11 Å². The first-order valence-corrected chi connectivity index (χ1v) is 12.5. The number of nitrogens with zero attached hydrogens (tertiary/aromatic N) is 2. The van der Waals surface area contributed by atoms with Crippen molar-refractivity contribution in [1.29, 1.82) is 0 Å². The number of benzene rings is 1. The Kier molecular flexibility index (Phi) is 6.50. The van der Waals surface area contributed by atoms with E-state index in [1.165, 1.54) is 6.07 Å². The Morgan fingerprint density at radius 1 is 1.26 bits per heavy atom. The van der Waals surface area contributed by atoms with Crippen LogP contribution in [0.15, 0.2) is 30.5 Å². The molecule has 11 heteroatoms. The predicted molar refractivity (Wildman–Crippen MR) is 136 cm³/mol. The first-order valence-electron chi connectivity index (χ1n) is 12.5. The number of alkyl halides is 2. The van der Waals surface area contributed by atoms with Gasteiger partial charge in [-0.3, -0.25) is 9.69 Å². The van der Waals surface area contributed by atoms with Gasteiger partial charge in [-0.2, -0.15) is 0 Å². The lowest BCUT2D eigenvalue weighted by Crippen LogP contribution is -2.53. The van der Waals surface area contributed by atoms with Crippen LogP contribution in [0.25, 0.3) is 10.9 Å². The molecule has 1 aromatic carbocycles. The third-order valence-electron chi connectivity index (χ3n) is 7.87. The fraction of sp³-hybridized carbons (Fsp3) is 0.444. The molecule has 202 valence electrons. The first kappa shape index (κ1) is 25.9. The summed E-state index contributed by atoms with van der Waals surface area (Å²) in [6.45, 7) is 2.51. The molecule has 2 fully saturated rings. The number of likely N-dealkylation sites (tertiary alicyclic amines) is 1. The molecule has 1 saturated carbocycles. The van der Waals surface area contributed by atoms with Crippen LogP contribution in [0.2, 0.25) is 0 Å². The van der Waals surface area contributed by atoms with E-state index in [0.29, 0.717) is 37.2 Å². The summed E-state index contributed by atoms with van der Waals surface area (Å²) < 4.78 is 33.8. The number of hydrogen-bond donors (Lipinski definition) is 4. The molecule has 9 nitrogen and oxygen atoms in total. The highest BCUT2D eigenvalue weighted by Gasteiger charge is 2.58. The van der Waals surface area contributed by atoms with Crippen molar-refractivity contribution >= 4 is 28.7 Å². The largest absolute Gasteiger partial charge is 0.496 e. The Morgan fingerprint density at radius 2 is 2.03 bits per heavy atom. The Morgan fingerprint density at radius 3 is 2.68 bits per heavy atom. The molecule has 0 amide bonds. The summed E-state index contributed by atoms with van der Waals surface area (Å²) in [6, 6.07) is 6.54. The van der Waals surface area contributed by atoms with E-state index in [0.717, 1.165) is 22.0 Å². The second-order valence-electron chi connectivity index (χ2n) is 10.5. The molecule has 1 saturated heterocycles. The summed E-state index contributed by atoms with van der Waals surface area (Å²) in [5.41, 5.74) is 2.78. The highest BCUT2D eigenvalue weighted by molar-refractivity contribution is 5.88. The van der Waals surface area contributed by atoms with E-state index in [1.54, 1.807) is 13.2 Å². The van der Waals surface area contributed by atoms with Crippen molar-refractivity contribution in [3.05, 3.63) is 52.8 Å². The number of fused-ring (bicyclic) bond motifs is 1. The quantitative estimate of drug-likeness (QED) is 0.328. The molecule has 1 atom stereocenters. The molecular weight excluding hydrogens is 498 g/mol. The van der Waals surface area contributed by atoms with Gasteiger partial charge < -0.3 is 25.3 Å². The molecule has 1 aliphatic carbocycles. The van der Waals surface area contributed by atoms with Crippen molar-refractivity contribution in [3.8, 4) is 5.75 Å². The van der Waals surface area contributed by atoms with E-state index in [4.69, 9.17) is 4.74 Å². The highest BCUT2D eigenvalue weighted by atomic mass is 19.3. The first-order chi connectivity index (χ1) is 18.0. The number of carboxylic acid groups (broad SMARTS) is 2. The lowest BCUT2D eigenvalue weighted by atomic mass is 9.59. The van der Waals surface area contributed by atoms with Crippen LogP contribution in [0.3, 0.4) is 0 Å². The number of aryl methyl sites for hydroxylation is 1. The summed E-state index contributed by atoms with van der Waals surface area (Å²) in [5, 5.41) is 22.4. The Bertz CT molecular complexity index is 1400. The number of piperidine rings is 1. The number of methoxy groups -OCH3 is 1. The van der Waals surface area contributed by atoms with Crippen LogP contribution in [0, 0.1) is 12.3 Å². The third-order valence-corrected chi connectivity index (χ3v) is 7.87. The van der Waals surface area contributed by atoms with Crippen molar-refractivity contribution in [2.24, 2.45) is 5.41 Å². The molecule has 3 heterocycles. The van der Waals surface area contributed by atoms with Gasteiger partial charge in [0.1, 0.15) is 18.1 Å². The van der Waals surface area contributed by atoms with E-state index >= 15 is 0 Å². The zero-order valence-corrected chi connectivity index (χ0v) is 21.2. The minimum absolute atomic E-state index is 0.132. The third kappa shape index (κ3) is 4.78. The molecule has 3 aromatic rings. The fourth-order valence-corrected chi connectivity index (χ4v) is 6.18. The maximum absolute atomic E-state index is 14.1. The molecular formula is C27H30F2N4O5. The minimum atomic E-state index is -2.69. The molecule has 0 bridgehead atoms. The number of halogens is 2. The molecule has 5 rings (SSSR count). The smallest absolute Gasteiger partial charge is 0.354 e. The van der Waals surface area contributed by atoms with Gasteiger partial charge in [-0.05, 0) is 55.5 Å². The highest BCUT2D eigenvalue weighted by Crippen LogP contribution is 2.61. The molecule has 0 unspecified atom stereocenters. The van der Waals surface area contributed by atoms with Crippen molar-refractivity contribution in [2.75, 3.05) is 25.5 Å². The zero-order valence-electron chi connectivity index (χ0n) is 21.2. The zero-order chi connectivity index (χ0) is 27.2. The number of aromatic nitrogens is 2. The number of aromatic amines is 1. The maximum atomic E-state index is 14.1. The number of carboxylic acids is 2. The second-order valence-corrected chi connectivity index (χ2v) is 10.5. The lowest BCUT2D eigenvalue weighted by Gasteiger charge is -2.54. The summed E-state index contributed by atoms with van der Waals surface area (Å²) in [4.78, 5) is 32.5. The number of hydrogen-bond acceptors (Lipinski definition) is 6. The van der Waals surface area contributed by atoms with Gasteiger partial charge >= 0.3 is 11.9 Å². The maximum Gasteiger partial charge on any atom is 0.354 e. The van der Waals surface area contributed by atoms with E-state index < -0.39 is 35.9 Å². The van der Waals surface area contributed by atoms with Gasteiger partial charge in [0, 0.05) is 53.7 Å². The molecule has 0 radical (unpaired) electrons. The van der Waals surface area contributed by atoms with Crippen LogP contribution >= 0.6 is 0 Å². The van der Waals surface area contributed by atoms with Gasteiger partial charge in [0.25, 0.3) is 0 Å². The average molecular weight is 529 g/mol. The van der Waals surface area contributed by atoms with Gasteiger partial charge in [-0.25, -0.2) is 18.6 Å². The van der Waals surface area contributed by atoms with E-state index in [1.807, 2.05) is 25.3 Å². The number of anilines is 1. The summed E-state index contributed by atoms with van der Waals surface area (Å²) in [5.74, 6) is -4.22. The summed E-state index contributed by atoms with van der Waals surface area (Å²) in [7, 11) is 1.61. The number of H-pyrrole nitrogens is 1. The molecule has 2 aliphatic rings. The fourth-order valence-electron chi connectivity index (χ4n) is 6.18. The van der Waals surface area contributed by atoms with Crippen LogP contribution < -0.4 is 10.1 Å². The second kappa shape index (κ2) is 9.54. The predicted octanol–water partition coefficient (Wildman–Crippen LogP) is 4.83. The summed E-state index contributed by atoms with van der Waals surface area (Å²) in [6.07, 6.45) is 2.49. The Hall–Kier alpha value is -3.73. The van der Waals surface area contributed by atoms with Crippen LogP contribution in [0.5, 0.6) is 5.75 Å². The number of pyridine rings is 1. The summed E-state index contributed by atoms with van der Waals surface area (Å²) >= 11 is 0. The monoisotopic (exact) mass is 528 g/mol. The van der Waals surface area contributed by atoms with Gasteiger partial charge in [-0.15, -0.1) is 0 Å². The SMILES string of the molecule is COc1cc(C)c2[nH]ccc2c1CN1CCC2(C[C@@H]1c1ccc(C(=O)O)nc1NCC(=O)O)CC(F)(F)C2. The standard InChI is InChI=1S/C27H30F2N4O5/c1-15-9-21(38-2)18(16-5-7-30-23(15)16)12-33-8-6-26(13-27(28,29)14-26)10-20(33)17-3-4-19(25(36)37)32-24(17)31-11-22(34)35/h3-5,7,9,20,30H,6,8,10-14H2,1-2H3,(H,31,32)(H,34,35)(H,36,37)/t20-/m1/s1. The Balaban J connectivity index is 1.57. The Labute approximate surface area is 217 Å². The number of ether oxygens (including phenoxy) is 1.